The fourth-order valence-electron chi connectivity index (χ4n) is 2.52. The maximum atomic E-state index is 12.4. The van der Waals surface area contributed by atoms with Crippen molar-refractivity contribution in [2.24, 2.45) is 0 Å². The second kappa shape index (κ2) is 6.56. The van der Waals surface area contributed by atoms with Gasteiger partial charge < -0.3 is 15.0 Å². The second-order valence-corrected chi connectivity index (χ2v) is 5.40. The van der Waals surface area contributed by atoms with Crippen molar-refractivity contribution in [2.45, 2.75) is 32.1 Å². The number of aryl methyl sites for hydroxylation is 1. The first-order valence-electron chi connectivity index (χ1n) is 7.02. The molecule has 0 radical (unpaired) electrons. The van der Waals surface area contributed by atoms with Gasteiger partial charge in [0.15, 0.2) is 0 Å². The normalized spacial score (nSPS) is 18.9. The molecule has 0 aliphatic carbocycles. The summed E-state index contributed by atoms with van der Waals surface area (Å²) in [5, 5.41) is 3.02. The Hall–Kier alpha value is -1.76. The molecule has 1 aromatic rings. The van der Waals surface area contributed by atoms with Gasteiger partial charge in [-0.15, -0.1) is 0 Å². The summed E-state index contributed by atoms with van der Waals surface area (Å²) < 4.78 is 42.3. The van der Waals surface area contributed by atoms with Crippen LogP contribution in [-0.4, -0.2) is 43.2 Å². The van der Waals surface area contributed by atoms with E-state index in [-0.39, 0.29) is 6.54 Å². The highest BCUT2D eigenvalue weighted by molar-refractivity contribution is 5.84. The standard InChI is InChI=1S/C15H19F3N2O2/c1-10-3-4-11(7-13(10)22-2)8-19-12-5-6-20(14(12)21)9-15(16,17)18/h3-4,7,12,19H,5-6,8-9H2,1-2H3. The van der Waals surface area contributed by atoms with Crippen molar-refractivity contribution in [1.29, 1.82) is 0 Å². The molecular weight excluding hydrogens is 297 g/mol. The van der Waals surface area contributed by atoms with Crippen LogP contribution in [0.4, 0.5) is 13.2 Å². The van der Waals surface area contributed by atoms with Crippen LogP contribution in [0.3, 0.4) is 0 Å². The van der Waals surface area contributed by atoms with E-state index >= 15 is 0 Å². The van der Waals surface area contributed by atoms with E-state index in [1.54, 1.807) is 7.11 Å². The first-order chi connectivity index (χ1) is 10.3. The van der Waals surface area contributed by atoms with E-state index in [2.05, 4.69) is 5.32 Å². The lowest BCUT2D eigenvalue weighted by Crippen LogP contribution is -2.41. The predicted molar refractivity (Wildman–Crippen MR) is 75.6 cm³/mol. The molecule has 0 saturated carbocycles. The molecule has 0 aromatic heterocycles. The zero-order chi connectivity index (χ0) is 16.3. The van der Waals surface area contributed by atoms with Gasteiger partial charge in [0.1, 0.15) is 12.3 Å². The number of carbonyl (C=O) groups excluding carboxylic acids is 1. The highest BCUT2D eigenvalue weighted by Gasteiger charge is 2.38. The van der Waals surface area contributed by atoms with Crippen molar-refractivity contribution in [3.05, 3.63) is 29.3 Å². The van der Waals surface area contributed by atoms with Gasteiger partial charge >= 0.3 is 6.18 Å². The van der Waals surface area contributed by atoms with Crippen molar-refractivity contribution in [3.63, 3.8) is 0 Å². The molecule has 1 unspecified atom stereocenters. The number of alkyl halides is 3. The Bertz CT molecular complexity index is 546. The van der Waals surface area contributed by atoms with Crippen LogP contribution in [0.5, 0.6) is 5.75 Å². The lowest BCUT2D eigenvalue weighted by Gasteiger charge is -2.18. The van der Waals surface area contributed by atoms with Crippen LogP contribution in [0.1, 0.15) is 17.5 Å². The number of halogens is 3. The minimum atomic E-state index is -4.35. The molecule has 1 aliphatic rings. The molecular formula is C15H19F3N2O2. The Morgan fingerprint density at radius 3 is 2.77 bits per heavy atom. The Balaban J connectivity index is 1.91. The summed E-state index contributed by atoms with van der Waals surface area (Å²) in [6.45, 7) is 1.29. The zero-order valence-corrected chi connectivity index (χ0v) is 12.5. The molecule has 2 rings (SSSR count). The van der Waals surface area contributed by atoms with Crippen molar-refractivity contribution in [2.75, 3.05) is 20.2 Å². The number of ether oxygens (including phenoxy) is 1. The highest BCUT2D eigenvalue weighted by Crippen LogP contribution is 2.22. The van der Waals surface area contributed by atoms with E-state index in [1.165, 1.54) is 0 Å². The van der Waals surface area contributed by atoms with Crippen LogP contribution in [0.15, 0.2) is 18.2 Å². The summed E-state index contributed by atoms with van der Waals surface area (Å²) in [6.07, 6.45) is -3.97. The number of hydrogen-bond donors (Lipinski definition) is 1. The Labute approximate surface area is 127 Å². The predicted octanol–water partition coefficient (Wildman–Crippen LogP) is 2.26. The molecule has 0 spiro atoms. The number of amides is 1. The van der Waals surface area contributed by atoms with Crippen LogP contribution in [0, 0.1) is 6.92 Å². The number of hydrogen-bond acceptors (Lipinski definition) is 3. The summed E-state index contributed by atoms with van der Waals surface area (Å²) in [4.78, 5) is 12.8. The van der Waals surface area contributed by atoms with Gasteiger partial charge in [0.05, 0.1) is 13.2 Å². The van der Waals surface area contributed by atoms with Gasteiger partial charge in [-0.3, -0.25) is 4.79 Å². The molecule has 1 heterocycles. The fraction of sp³-hybridized carbons (Fsp3) is 0.533. The molecule has 4 nitrogen and oxygen atoms in total. The number of benzene rings is 1. The van der Waals surface area contributed by atoms with E-state index in [0.717, 1.165) is 21.8 Å². The Morgan fingerprint density at radius 1 is 1.41 bits per heavy atom. The number of carbonyl (C=O) groups is 1. The van der Waals surface area contributed by atoms with E-state index in [9.17, 15) is 18.0 Å². The average Bonchev–Trinajstić information content (AvgIpc) is 2.77. The maximum absolute atomic E-state index is 12.4. The van der Waals surface area contributed by atoms with Crippen molar-refractivity contribution in [3.8, 4) is 5.75 Å². The van der Waals surface area contributed by atoms with E-state index < -0.39 is 24.7 Å². The van der Waals surface area contributed by atoms with Gasteiger partial charge in [0, 0.05) is 13.1 Å². The fourth-order valence-corrected chi connectivity index (χ4v) is 2.52. The maximum Gasteiger partial charge on any atom is 0.406 e. The average molecular weight is 316 g/mol. The summed E-state index contributed by atoms with van der Waals surface area (Å²) in [6, 6.07) is 5.10. The number of methoxy groups -OCH3 is 1. The summed E-state index contributed by atoms with van der Waals surface area (Å²) in [7, 11) is 1.58. The highest BCUT2D eigenvalue weighted by atomic mass is 19.4. The van der Waals surface area contributed by atoms with Crippen molar-refractivity contribution < 1.29 is 22.7 Å². The third-order valence-electron chi connectivity index (χ3n) is 3.69. The van der Waals surface area contributed by atoms with Gasteiger partial charge in [0.25, 0.3) is 0 Å². The molecule has 1 fully saturated rings. The first kappa shape index (κ1) is 16.6. The van der Waals surface area contributed by atoms with Gasteiger partial charge in [-0.2, -0.15) is 13.2 Å². The third kappa shape index (κ3) is 4.13. The molecule has 1 saturated heterocycles. The van der Waals surface area contributed by atoms with Crippen molar-refractivity contribution in [1.82, 2.24) is 10.2 Å². The largest absolute Gasteiger partial charge is 0.496 e. The molecule has 1 N–H and O–H groups in total. The monoisotopic (exact) mass is 316 g/mol. The number of likely N-dealkylation sites (tertiary alicyclic amines) is 1. The third-order valence-corrected chi connectivity index (χ3v) is 3.69. The van der Waals surface area contributed by atoms with Crippen LogP contribution < -0.4 is 10.1 Å². The van der Waals surface area contributed by atoms with Crippen LogP contribution >= 0.6 is 0 Å². The van der Waals surface area contributed by atoms with Crippen LogP contribution in [0.2, 0.25) is 0 Å². The van der Waals surface area contributed by atoms with E-state index in [1.807, 2.05) is 25.1 Å². The molecule has 1 aromatic carbocycles. The SMILES string of the molecule is COc1cc(CNC2CCN(CC(F)(F)F)C2=O)ccc1C. The molecule has 0 bridgehead atoms. The van der Waals surface area contributed by atoms with E-state index in [0.29, 0.717) is 13.0 Å². The molecule has 122 valence electrons. The summed E-state index contributed by atoms with van der Waals surface area (Å²) in [5.41, 5.74) is 1.92. The summed E-state index contributed by atoms with van der Waals surface area (Å²) >= 11 is 0. The van der Waals surface area contributed by atoms with Gasteiger partial charge in [0.2, 0.25) is 5.91 Å². The number of nitrogens with one attached hydrogen (secondary N) is 1. The quantitative estimate of drug-likeness (QED) is 0.906. The smallest absolute Gasteiger partial charge is 0.406 e. The lowest BCUT2D eigenvalue weighted by atomic mass is 10.1. The number of rotatable bonds is 5. The van der Waals surface area contributed by atoms with Gasteiger partial charge in [-0.25, -0.2) is 0 Å². The molecule has 1 amide bonds. The minimum Gasteiger partial charge on any atom is -0.496 e. The Kier molecular flexibility index (Phi) is 4.95. The molecule has 7 heteroatoms. The summed E-state index contributed by atoms with van der Waals surface area (Å²) in [5.74, 6) is 0.257. The molecule has 1 atom stereocenters. The van der Waals surface area contributed by atoms with Crippen LogP contribution in [-0.2, 0) is 11.3 Å². The minimum absolute atomic E-state index is 0.132. The second-order valence-electron chi connectivity index (χ2n) is 5.40. The topological polar surface area (TPSA) is 41.6 Å². The van der Waals surface area contributed by atoms with E-state index in [4.69, 9.17) is 4.74 Å². The molecule has 1 aliphatic heterocycles. The first-order valence-corrected chi connectivity index (χ1v) is 7.02. The van der Waals surface area contributed by atoms with Crippen LogP contribution in [0.25, 0.3) is 0 Å². The number of nitrogens with zero attached hydrogens (tertiary/aromatic N) is 1. The Morgan fingerprint density at radius 2 is 2.14 bits per heavy atom. The van der Waals surface area contributed by atoms with Crippen molar-refractivity contribution >= 4 is 5.91 Å². The van der Waals surface area contributed by atoms with Gasteiger partial charge in [-0.1, -0.05) is 12.1 Å². The zero-order valence-electron chi connectivity index (χ0n) is 12.5. The lowest BCUT2D eigenvalue weighted by molar-refractivity contribution is -0.158. The van der Waals surface area contributed by atoms with Gasteiger partial charge in [-0.05, 0) is 30.5 Å². The molecule has 22 heavy (non-hydrogen) atoms.